The van der Waals surface area contributed by atoms with Crippen molar-refractivity contribution in [1.82, 2.24) is 0 Å². The molecule has 0 saturated carbocycles. The van der Waals surface area contributed by atoms with Gasteiger partial charge in [0.15, 0.2) is 0 Å². The Kier molecular flexibility index (Phi) is 5.69. The van der Waals surface area contributed by atoms with Crippen LogP contribution in [0.3, 0.4) is 0 Å². The first-order chi connectivity index (χ1) is 7.44. The van der Waals surface area contributed by atoms with E-state index in [1.165, 1.54) is 0 Å². The molecule has 1 N–H and O–H groups in total. The van der Waals surface area contributed by atoms with Gasteiger partial charge in [0.2, 0.25) is 0 Å². The van der Waals surface area contributed by atoms with Gasteiger partial charge in [-0.25, -0.2) is 8.42 Å². The summed E-state index contributed by atoms with van der Waals surface area (Å²) in [5, 5.41) is 11.7. The van der Waals surface area contributed by atoms with Crippen LogP contribution < -0.4 is 0 Å². The van der Waals surface area contributed by atoms with Gasteiger partial charge in [0.1, 0.15) is 9.84 Å². The smallest absolute Gasteiger partial charge is 0.150 e. The van der Waals surface area contributed by atoms with Crippen LogP contribution in [0.2, 0.25) is 0 Å². The van der Waals surface area contributed by atoms with Crippen molar-refractivity contribution >= 4 is 43.8 Å². The van der Waals surface area contributed by atoms with Crippen molar-refractivity contribution in [2.75, 3.05) is 11.5 Å². The van der Waals surface area contributed by atoms with Gasteiger partial charge in [-0.3, -0.25) is 0 Å². The van der Waals surface area contributed by atoms with E-state index >= 15 is 0 Å². The molecule has 1 aromatic rings. The average molecular weight is 374 g/mol. The normalized spacial score (nSPS) is 13.9. The van der Waals surface area contributed by atoms with Crippen molar-refractivity contribution in [3.8, 4) is 0 Å². The molecular formula is C10H15IO3S2. The second-order valence-corrected chi connectivity index (χ2v) is 8.86. The molecule has 0 amide bonds. The Morgan fingerprint density at radius 2 is 2.25 bits per heavy atom. The number of hydrogen-bond donors (Lipinski definition) is 1. The molecule has 3 nitrogen and oxygen atoms in total. The van der Waals surface area contributed by atoms with Crippen molar-refractivity contribution in [1.29, 1.82) is 0 Å². The summed E-state index contributed by atoms with van der Waals surface area (Å²) >= 11 is 3.79. The Morgan fingerprint density at radius 3 is 2.75 bits per heavy atom. The van der Waals surface area contributed by atoms with Gasteiger partial charge in [0.05, 0.1) is 14.7 Å². The van der Waals surface area contributed by atoms with Crippen molar-refractivity contribution in [3.05, 3.63) is 19.9 Å². The molecule has 1 heterocycles. The van der Waals surface area contributed by atoms with E-state index in [1.807, 2.05) is 11.4 Å². The van der Waals surface area contributed by atoms with Crippen LogP contribution in [0.1, 0.15) is 31.4 Å². The first-order valence-corrected chi connectivity index (χ1v) is 8.85. The Bertz CT molecular complexity index is 425. The number of sulfone groups is 1. The Morgan fingerprint density at radius 1 is 1.56 bits per heavy atom. The van der Waals surface area contributed by atoms with Crippen LogP contribution >= 0.6 is 33.9 Å². The molecule has 0 aliphatic rings. The fraction of sp³-hybridized carbons (Fsp3) is 0.600. The van der Waals surface area contributed by atoms with Crippen molar-refractivity contribution in [3.63, 3.8) is 0 Å². The molecule has 1 atom stereocenters. The number of aliphatic hydroxyl groups excluding tert-OH is 1. The molecule has 0 aliphatic carbocycles. The Hall–Kier alpha value is 0.340. The summed E-state index contributed by atoms with van der Waals surface area (Å²) in [6, 6.07) is 1.93. The number of hydrogen-bond acceptors (Lipinski definition) is 4. The number of halogens is 1. The highest BCUT2D eigenvalue weighted by Gasteiger charge is 2.12. The number of aliphatic hydroxyl groups is 1. The van der Waals surface area contributed by atoms with E-state index in [-0.39, 0.29) is 11.5 Å². The maximum absolute atomic E-state index is 11.2. The quantitative estimate of drug-likeness (QED) is 0.779. The van der Waals surface area contributed by atoms with Crippen molar-refractivity contribution < 1.29 is 13.5 Å². The SMILES string of the molecule is CCS(=O)(=O)CCCC(O)c1csc(I)c1. The number of thiophene rings is 1. The molecule has 0 fully saturated rings. The first-order valence-electron chi connectivity index (χ1n) is 5.07. The molecule has 1 rings (SSSR count). The lowest BCUT2D eigenvalue weighted by Gasteiger charge is -2.08. The monoisotopic (exact) mass is 374 g/mol. The molecule has 0 radical (unpaired) electrons. The van der Waals surface area contributed by atoms with Crippen LogP contribution in [0.4, 0.5) is 0 Å². The predicted molar refractivity (Wildman–Crippen MR) is 75.6 cm³/mol. The fourth-order valence-corrected chi connectivity index (χ4v) is 3.62. The van der Waals surface area contributed by atoms with Gasteiger partial charge in [0.25, 0.3) is 0 Å². The van der Waals surface area contributed by atoms with Gasteiger partial charge in [-0.15, -0.1) is 11.3 Å². The van der Waals surface area contributed by atoms with Crippen LogP contribution in [-0.2, 0) is 9.84 Å². The van der Waals surface area contributed by atoms with Gasteiger partial charge < -0.3 is 5.11 Å². The molecule has 16 heavy (non-hydrogen) atoms. The third kappa shape index (κ3) is 4.68. The average Bonchev–Trinajstić information content (AvgIpc) is 2.64. The minimum Gasteiger partial charge on any atom is -0.388 e. The molecule has 0 aromatic carbocycles. The summed E-state index contributed by atoms with van der Waals surface area (Å²) in [5.74, 6) is 0.348. The molecule has 6 heteroatoms. The highest BCUT2D eigenvalue weighted by molar-refractivity contribution is 14.1. The summed E-state index contributed by atoms with van der Waals surface area (Å²) in [6.45, 7) is 1.65. The zero-order valence-corrected chi connectivity index (χ0v) is 12.8. The molecule has 0 bridgehead atoms. The summed E-state index contributed by atoms with van der Waals surface area (Å²) in [6.07, 6.45) is 0.488. The lowest BCUT2D eigenvalue weighted by molar-refractivity contribution is 0.167. The largest absolute Gasteiger partial charge is 0.388 e. The van der Waals surface area contributed by atoms with E-state index in [0.29, 0.717) is 12.8 Å². The van der Waals surface area contributed by atoms with E-state index in [0.717, 1.165) is 8.45 Å². The van der Waals surface area contributed by atoms with Crippen LogP contribution in [0, 0.1) is 2.88 Å². The van der Waals surface area contributed by atoms with E-state index < -0.39 is 15.9 Å². The lowest BCUT2D eigenvalue weighted by Crippen LogP contribution is -2.09. The molecule has 0 aliphatic heterocycles. The zero-order valence-electron chi connectivity index (χ0n) is 9.02. The molecule has 0 spiro atoms. The Balaban J connectivity index is 2.39. The van der Waals surface area contributed by atoms with Crippen LogP contribution in [0.15, 0.2) is 11.4 Å². The molecule has 1 aromatic heterocycles. The second kappa shape index (κ2) is 6.32. The minimum atomic E-state index is -2.90. The maximum Gasteiger partial charge on any atom is 0.150 e. The maximum atomic E-state index is 11.2. The van der Waals surface area contributed by atoms with Crippen molar-refractivity contribution in [2.45, 2.75) is 25.9 Å². The van der Waals surface area contributed by atoms with Crippen LogP contribution in [0.25, 0.3) is 0 Å². The number of rotatable bonds is 6. The highest BCUT2D eigenvalue weighted by Crippen LogP contribution is 2.25. The highest BCUT2D eigenvalue weighted by atomic mass is 127. The minimum absolute atomic E-state index is 0.168. The Labute approximate surface area is 114 Å². The van der Waals surface area contributed by atoms with E-state index in [4.69, 9.17) is 0 Å². The van der Waals surface area contributed by atoms with Crippen molar-refractivity contribution in [2.24, 2.45) is 0 Å². The lowest BCUT2D eigenvalue weighted by atomic mass is 10.1. The van der Waals surface area contributed by atoms with Gasteiger partial charge in [0, 0.05) is 5.75 Å². The standard InChI is InChI=1S/C10H15IO3S2/c1-2-16(13,14)5-3-4-9(12)8-6-10(11)15-7-8/h6-7,9,12H,2-5H2,1H3. The van der Waals surface area contributed by atoms with E-state index in [9.17, 15) is 13.5 Å². The van der Waals surface area contributed by atoms with Gasteiger partial charge >= 0.3 is 0 Å². The summed E-state index contributed by atoms with van der Waals surface area (Å²) in [5.41, 5.74) is 0.892. The zero-order chi connectivity index (χ0) is 12.2. The summed E-state index contributed by atoms with van der Waals surface area (Å²) in [7, 11) is -2.90. The molecular weight excluding hydrogens is 359 g/mol. The van der Waals surface area contributed by atoms with E-state index in [1.54, 1.807) is 18.3 Å². The fourth-order valence-electron chi connectivity index (χ4n) is 1.31. The summed E-state index contributed by atoms with van der Waals surface area (Å²) in [4.78, 5) is 0. The summed E-state index contributed by atoms with van der Waals surface area (Å²) < 4.78 is 23.6. The van der Waals surface area contributed by atoms with Gasteiger partial charge in [-0.2, -0.15) is 0 Å². The molecule has 1 unspecified atom stereocenters. The van der Waals surface area contributed by atoms with E-state index in [2.05, 4.69) is 22.6 Å². The van der Waals surface area contributed by atoms with Gasteiger partial charge in [-0.1, -0.05) is 6.92 Å². The van der Waals surface area contributed by atoms with Crippen LogP contribution in [-0.4, -0.2) is 25.0 Å². The predicted octanol–water partition coefficient (Wildman–Crippen LogP) is 2.60. The van der Waals surface area contributed by atoms with Gasteiger partial charge in [-0.05, 0) is 52.4 Å². The molecule has 92 valence electrons. The topological polar surface area (TPSA) is 54.4 Å². The third-order valence-electron chi connectivity index (χ3n) is 2.35. The first kappa shape index (κ1) is 14.4. The third-order valence-corrected chi connectivity index (χ3v) is 5.94. The second-order valence-electron chi connectivity index (χ2n) is 3.58. The van der Waals surface area contributed by atoms with Crippen LogP contribution in [0.5, 0.6) is 0 Å². The molecule has 0 saturated heterocycles.